The van der Waals surface area contributed by atoms with Crippen LogP contribution in [0.15, 0.2) is 11.6 Å². The molecule has 0 saturated heterocycles. The summed E-state index contributed by atoms with van der Waals surface area (Å²) in [5, 5.41) is 0. The lowest BCUT2D eigenvalue weighted by atomic mass is 9.47. The highest BCUT2D eigenvalue weighted by molar-refractivity contribution is 14.2. The van der Waals surface area contributed by atoms with Crippen LogP contribution in [0.5, 0.6) is 0 Å². The van der Waals surface area contributed by atoms with Crippen molar-refractivity contribution in [2.75, 3.05) is 7.11 Å². The number of fused-ring (bicyclic) bond motifs is 5. The monoisotopic (exact) mass is 562 g/mol. The Morgan fingerprint density at radius 3 is 2.71 bits per heavy atom. The lowest BCUT2D eigenvalue weighted by molar-refractivity contribution is -0.140. The fraction of sp³-hybridized carbons (Fsp3) is 0.885. The molecule has 0 spiro atoms. The van der Waals surface area contributed by atoms with Gasteiger partial charge in [0.2, 0.25) is 0 Å². The molecule has 0 N–H and O–H groups in total. The van der Waals surface area contributed by atoms with E-state index in [0.29, 0.717) is 23.4 Å². The van der Waals surface area contributed by atoms with Gasteiger partial charge in [-0.2, -0.15) is 0 Å². The van der Waals surface area contributed by atoms with Crippen LogP contribution in [-0.4, -0.2) is 19.2 Å². The first-order chi connectivity index (χ1) is 14.4. The van der Waals surface area contributed by atoms with Crippen molar-refractivity contribution in [1.82, 2.24) is 0 Å². The van der Waals surface area contributed by atoms with Crippen molar-refractivity contribution in [3.05, 3.63) is 11.6 Å². The molecule has 3 saturated carbocycles. The van der Waals surface area contributed by atoms with Gasteiger partial charge in [0.05, 0.1) is 22.4 Å². The summed E-state index contributed by atoms with van der Waals surface area (Å²) < 4.78 is 10.7. The zero-order valence-corrected chi connectivity index (χ0v) is 21.9. The van der Waals surface area contributed by atoms with Crippen molar-refractivity contribution in [2.45, 2.75) is 104 Å². The Morgan fingerprint density at radius 1 is 1.16 bits per heavy atom. The predicted octanol–water partition coefficient (Wildman–Crippen LogP) is 8.32. The van der Waals surface area contributed by atoms with Crippen LogP contribution >= 0.6 is 30.4 Å². The SMILES string of the molecule is C.COC(=O)CCCCC1CCC2C3CC=C4CC(OSI)CC[C@]4(C)C3CCC12C. The van der Waals surface area contributed by atoms with Crippen LogP contribution in [0.1, 0.15) is 98.3 Å². The number of hydrogen-bond donors (Lipinski definition) is 0. The fourth-order valence-corrected chi connectivity index (χ4v) is 9.25. The molecule has 6 unspecified atom stereocenters. The summed E-state index contributed by atoms with van der Waals surface area (Å²) in [6, 6.07) is 0. The molecule has 3 fully saturated rings. The van der Waals surface area contributed by atoms with Crippen LogP contribution in [-0.2, 0) is 13.7 Å². The molecule has 0 amide bonds. The molecule has 178 valence electrons. The van der Waals surface area contributed by atoms with Crippen molar-refractivity contribution < 1.29 is 13.7 Å². The molecule has 4 aliphatic rings. The van der Waals surface area contributed by atoms with E-state index in [1.165, 1.54) is 74.1 Å². The third-order valence-corrected chi connectivity index (χ3v) is 10.8. The largest absolute Gasteiger partial charge is 0.469 e. The molecule has 0 aliphatic heterocycles. The van der Waals surface area contributed by atoms with E-state index < -0.39 is 0 Å². The van der Waals surface area contributed by atoms with E-state index in [9.17, 15) is 4.79 Å². The summed E-state index contributed by atoms with van der Waals surface area (Å²) in [6.07, 6.45) is 17.7. The molecule has 7 atom stereocenters. The van der Waals surface area contributed by atoms with E-state index >= 15 is 0 Å². The maximum atomic E-state index is 11.4. The molecule has 0 aromatic rings. The number of halogens is 1. The van der Waals surface area contributed by atoms with Gasteiger partial charge in [-0.25, -0.2) is 0 Å². The van der Waals surface area contributed by atoms with Crippen LogP contribution in [0.2, 0.25) is 0 Å². The lowest BCUT2D eigenvalue weighted by Gasteiger charge is -2.58. The van der Waals surface area contributed by atoms with E-state index in [1.807, 2.05) is 0 Å². The van der Waals surface area contributed by atoms with Crippen LogP contribution in [0, 0.1) is 34.5 Å². The van der Waals surface area contributed by atoms with Gasteiger partial charge in [-0.1, -0.05) is 39.3 Å². The predicted molar refractivity (Wildman–Crippen MR) is 139 cm³/mol. The van der Waals surface area contributed by atoms with Gasteiger partial charge in [0.1, 0.15) is 0 Å². The molecule has 0 bridgehead atoms. The van der Waals surface area contributed by atoms with Crippen LogP contribution in [0.3, 0.4) is 0 Å². The number of unbranched alkanes of at least 4 members (excludes halogenated alkanes) is 1. The Hall–Kier alpha value is 0.250. The summed E-state index contributed by atoms with van der Waals surface area (Å²) in [6.45, 7) is 5.21. The van der Waals surface area contributed by atoms with Crippen LogP contribution in [0.4, 0.5) is 0 Å². The average Bonchev–Trinajstić information content (AvgIpc) is 3.07. The smallest absolute Gasteiger partial charge is 0.305 e. The minimum Gasteiger partial charge on any atom is -0.469 e. The molecule has 4 aliphatic carbocycles. The quantitative estimate of drug-likeness (QED) is 0.103. The standard InChI is InChI=1S/C25H39IO3S.CH4/c1-24-15-13-22-20(10-8-18-16-19(29-30-26)12-14-25(18,22)2)21(24)11-9-17(24)6-4-5-7-23(27)28-3;/h8,17,19-22H,4-7,9-16H2,1-3H3;1H4/t17?,19?,20?,21?,22?,24?,25-;/m0./s1. The maximum Gasteiger partial charge on any atom is 0.305 e. The van der Waals surface area contributed by atoms with E-state index in [4.69, 9.17) is 8.92 Å². The highest BCUT2D eigenvalue weighted by Crippen LogP contribution is 2.66. The van der Waals surface area contributed by atoms with Gasteiger partial charge < -0.3 is 8.92 Å². The number of carbonyl (C=O) groups is 1. The summed E-state index contributed by atoms with van der Waals surface area (Å²) >= 11 is 2.26. The average molecular weight is 563 g/mol. The molecular weight excluding hydrogens is 519 g/mol. The van der Waals surface area contributed by atoms with Gasteiger partial charge in [-0.3, -0.25) is 4.79 Å². The lowest BCUT2D eigenvalue weighted by Crippen LogP contribution is -2.50. The Labute approximate surface area is 207 Å². The number of ether oxygens (including phenoxy) is 1. The van der Waals surface area contributed by atoms with E-state index in [0.717, 1.165) is 36.5 Å². The summed E-state index contributed by atoms with van der Waals surface area (Å²) in [7, 11) is 3.01. The third kappa shape index (κ3) is 4.89. The van der Waals surface area contributed by atoms with E-state index in [1.54, 1.807) is 5.57 Å². The van der Waals surface area contributed by atoms with E-state index in [2.05, 4.69) is 41.1 Å². The van der Waals surface area contributed by atoms with E-state index in [-0.39, 0.29) is 13.4 Å². The molecule has 3 nitrogen and oxygen atoms in total. The van der Waals surface area contributed by atoms with Crippen molar-refractivity contribution in [2.24, 2.45) is 34.5 Å². The van der Waals surface area contributed by atoms with Gasteiger partial charge in [0, 0.05) is 27.6 Å². The number of hydrogen-bond acceptors (Lipinski definition) is 4. The maximum absolute atomic E-state index is 11.4. The fourth-order valence-electron chi connectivity index (χ4n) is 8.11. The Morgan fingerprint density at radius 2 is 1.97 bits per heavy atom. The minimum absolute atomic E-state index is 0. The Bertz CT molecular complexity index is 667. The zero-order chi connectivity index (χ0) is 21.4. The summed E-state index contributed by atoms with van der Waals surface area (Å²) in [5.41, 5.74) is 2.65. The molecule has 5 heteroatoms. The first-order valence-electron chi connectivity index (χ1n) is 12.1. The third-order valence-electron chi connectivity index (χ3n) is 9.84. The minimum atomic E-state index is -0.0544. The number of esters is 1. The van der Waals surface area contributed by atoms with Gasteiger partial charge in [0.15, 0.2) is 0 Å². The first-order valence-corrected chi connectivity index (χ1v) is 15.4. The number of allylic oxidation sites excluding steroid dienone is 1. The highest BCUT2D eigenvalue weighted by Gasteiger charge is 2.58. The van der Waals surface area contributed by atoms with Gasteiger partial charge in [0.25, 0.3) is 0 Å². The summed E-state index contributed by atoms with van der Waals surface area (Å²) in [5.74, 6) is 3.46. The van der Waals surface area contributed by atoms with Crippen molar-refractivity contribution >= 4 is 36.4 Å². The Kier molecular flexibility index (Phi) is 8.90. The second kappa shape index (κ2) is 10.7. The van der Waals surface area contributed by atoms with Gasteiger partial charge >= 0.3 is 5.97 Å². The molecule has 0 aromatic heterocycles. The van der Waals surface area contributed by atoms with Crippen LogP contribution < -0.4 is 0 Å². The Balaban J connectivity index is 0.00000272. The highest BCUT2D eigenvalue weighted by atomic mass is 127. The summed E-state index contributed by atoms with van der Waals surface area (Å²) in [4.78, 5) is 11.4. The second-order valence-corrected chi connectivity index (χ2v) is 12.3. The van der Waals surface area contributed by atoms with Crippen molar-refractivity contribution in [3.63, 3.8) is 0 Å². The zero-order valence-electron chi connectivity index (χ0n) is 19.0. The van der Waals surface area contributed by atoms with Crippen molar-refractivity contribution in [3.8, 4) is 0 Å². The second-order valence-electron chi connectivity index (χ2n) is 10.9. The molecule has 0 heterocycles. The molecule has 31 heavy (non-hydrogen) atoms. The van der Waals surface area contributed by atoms with Crippen molar-refractivity contribution in [1.29, 1.82) is 0 Å². The van der Waals surface area contributed by atoms with Crippen LogP contribution in [0.25, 0.3) is 0 Å². The number of methoxy groups -OCH3 is 1. The van der Waals surface area contributed by atoms with Gasteiger partial charge in [-0.05, 0) is 98.7 Å². The topological polar surface area (TPSA) is 35.5 Å². The number of rotatable bonds is 7. The number of carbonyl (C=O) groups excluding carboxylic acids is 1. The first kappa shape index (κ1) is 25.9. The molecule has 4 rings (SSSR count). The van der Waals surface area contributed by atoms with Gasteiger partial charge in [-0.15, -0.1) is 0 Å². The normalized spacial score (nSPS) is 41.3. The molecular formula is C26H43IO3S. The molecule has 0 aromatic carbocycles. The molecule has 0 radical (unpaired) electrons.